The zero-order chi connectivity index (χ0) is 25.5. The minimum Gasteiger partial charge on any atom is -0.381 e. The van der Waals surface area contributed by atoms with Crippen molar-refractivity contribution in [2.75, 3.05) is 36.5 Å². The summed E-state index contributed by atoms with van der Waals surface area (Å²) in [4.78, 5) is 23.8. The third-order valence-corrected chi connectivity index (χ3v) is 7.23. The zero-order valence-electron chi connectivity index (χ0n) is 21.1. The van der Waals surface area contributed by atoms with Crippen LogP contribution in [0.15, 0.2) is 41.6 Å². The fourth-order valence-electron chi connectivity index (χ4n) is 4.38. The number of rotatable bonds is 12. The summed E-state index contributed by atoms with van der Waals surface area (Å²) in [6.07, 6.45) is 5.48. The zero-order valence-corrected chi connectivity index (χ0v) is 21.9. The molecular weight excluding hydrogens is 466 g/mol. The second-order valence-electron chi connectivity index (χ2n) is 9.65. The van der Waals surface area contributed by atoms with Crippen molar-refractivity contribution >= 4 is 27.6 Å². The van der Waals surface area contributed by atoms with E-state index in [1.54, 1.807) is 30.5 Å². The van der Waals surface area contributed by atoms with Gasteiger partial charge >= 0.3 is 0 Å². The molecule has 1 atom stereocenters. The van der Waals surface area contributed by atoms with Crippen LogP contribution in [0.4, 0.5) is 11.6 Å². The van der Waals surface area contributed by atoms with Gasteiger partial charge in [-0.05, 0) is 63.3 Å². The van der Waals surface area contributed by atoms with Crippen LogP contribution in [0.2, 0.25) is 0 Å². The average molecular weight is 504 g/mol. The Bertz CT molecular complexity index is 1110. The summed E-state index contributed by atoms with van der Waals surface area (Å²) in [6.45, 7) is 11.2. The molecule has 1 fully saturated rings. The van der Waals surface area contributed by atoms with Crippen LogP contribution in [0.25, 0.3) is 0 Å². The molecular formula is C25H37N5O4S. The van der Waals surface area contributed by atoms with Crippen molar-refractivity contribution < 1.29 is 17.9 Å². The fourth-order valence-corrected chi connectivity index (χ4v) is 5.31. The first kappa shape index (κ1) is 26.9. The number of anilines is 2. The molecule has 1 unspecified atom stereocenters. The van der Waals surface area contributed by atoms with Crippen LogP contribution < -0.4 is 14.9 Å². The maximum absolute atomic E-state index is 13.1. The summed E-state index contributed by atoms with van der Waals surface area (Å²) in [5, 5.41) is 2.88. The summed E-state index contributed by atoms with van der Waals surface area (Å²) in [7, 11) is -4.18. The molecule has 1 aliphatic heterocycles. The Morgan fingerprint density at radius 1 is 1.20 bits per heavy atom. The van der Waals surface area contributed by atoms with Gasteiger partial charge in [0.15, 0.2) is 5.03 Å². The number of pyridine rings is 2. The lowest BCUT2D eigenvalue weighted by molar-refractivity contribution is 0.0981. The minimum absolute atomic E-state index is 0.190. The molecule has 0 saturated carbocycles. The number of unbranched alkanes of at least 4 members (excludes halogenated alkanes) is 1. The highest BCUT2D eigenvalue weighted by Crippen LogP contribution is 2.37. The predicted octanol–water partition coefficient (Wildman–Crippen LogP) is 3.84. The van der Waals surface area contributed by atoms with E-state index in [-0.39, 0.29) is 16.1 Å². The number of carbonyl (C=O) groups is 1. The van der Waals surface area contributed by atoms with Gasteiger partial charge in [-0.2, -0.15) is 8.42 Å². The monoisotopic (exact) mass is 503 g/mol. The molecule has 1 amide bonds. The van der Waals surface area contributed by atoms with Gasteiger partial charge in [0.05, 0.1) is 5.56 Å². The van der Waals surface area contributed by atoms with Gasteiger partial charge in [-0.3, -0.25) is 4.79 Å². The quantitative estimate of drug-likeness (QED) is 0.420. The van der Waals surface area contributed by atoms with E-state index in [1.165, 1.54) is 6.07 Å². The highest BCUT2D eigenvalue weighted by atomic mass is 32.2. The minimum atomic E-state index is -4.18. The second-order valence-corrected chi connectivity index (χ2v) is 11.3. The summed E-state index contributed by atoms with van der Waals surface area (Å²) in [5.41, 5.74) is 0.0279. The third kappa shape index (κ3) is 7.14. The van der Waals surface area contributed by atoms with Crippen LogP contribution in [-0.2, 0) is 14.8 Å². The van der Waals surface area contributed by atoms with Gasteiger partial charge in [-0.25, -0.2) is 14.7 Å². The molecule has 3 heterocycles. The van der Waals surface area contributed by atoms with Crippen molar-refractivity contribution in [2.45, 2.75) is 63.9 Å². The van der Waals surface area contributed by atoms with E-state index in [1.807, 2.05) is 0 Å². The number of carbonyl (C=O) groups excluding carboxylic acids is 1. The van der Waals surface area contributed by atoms with E-state index in [0.717, 1.165) is 38.8 Å². The number of ether oxygens (including phenoxy) is 1. The van der Waals surface area contributed by atoms with Crippen LogP contribution in [0, 0.1) is 5.92 Å². The van der Waals surface area contributed by atoms with E-state index in [4.69, 9.17) is 4.74 Å². The maximum Gasteiger partial charge on any atom is 0.281 e. The van der Waals surface area contributed by atoms with Gasteiger partial charge in [0, 0.05) is 38.0 Å². The molecule has 3 rings (SSSR count). The fraction of sp³-hybridized carbons (Fsp3) is 0.560. The van der Waals surface area contributed by atoms with Crippen molar-refractivity contribution in [2.24, 2.45) is 5.92 Å². The van der Waals surface area contributed by atoms with Crippen molar-refractivity contribution in [1.29, 1.82) is 0 Å². The van der Waals surface area contributed by atoms with Gasteiger partial charge in [0.1, 0.15) is 11.6 Å². The first-order valence-electron chi connectivity index (χ1n) is 12.2. The highest BCUT2D eigenvalue weighted by molar-refractivity contribution is 7.90. The molecule has 0 radical (unpaired) electrons. The van der Waals surface area contributed by atoms with Crippen molar-refractivity contribution in [3.05, 3.63) is 42.1 Å². The molecule has 0 aliphatic carbocycles. The molecule has 1 saturated heterocycles. The van der Waals surface area contributed by atoms with Crippen LogP contribution >= 0.6 is 0 Å². The van der Waals surface area contributed by atoms with Gasteiger partial charge in [0.25, 0.3) is 15.9 Å². The summed E-state index contributed by atoms with van der Waals surface area (Å²) in [5.74, 6) is 0.615. The van der Waals surface area contributed by atoms with Gasteiger partial charge < -0.3 is 15.0 Å². The molecule has 0 aromatic carbocycles. The second kappa shape index (κ2) is 11.8. The first-order chi connectivity index (χ1) is 16.6. The Morgan fingerprint density at radius 3 is 2.69 bits per heavy atom. The topological polar surface area (TPSA) is 114 Å². The van der Waals surface area contributed by atoms with Gasteiger partial charge in [0.2, 0.25) is 0 Å². The maximum atomic E-state index is 13.1. The van der Waals surface area contributed by atoms with Crippen LogP contribution in [-0.4, -0.2) is 56.1 Å². The molecule has 35 heavy (non-hydrogen) atoms. The van der Waals surface area contributed by atoms with E-state index in [9.17, 15) is 13.2 Å². The number of nitrogens with zero attached hydrogens (tertiary/aromatic N) is 3. The Morgan fingerprint density at radius 2 is 1.97 bits per heavy atom. The Labute approximate surface area is 208 Å². The predicted molar refractivity (Wildman–Crippen MR) is 137 cm³/mol. The van der Waals surface area contributed by atoms with E-state index < -0.39 is 15.9 Å². The number of sulfonamides is 1. The van der Waals surface area contributed by atoms with Crippen molar-refractivity contribution in [3.63, 3.8) is 0 Å². The molecule has 2 aromatic rings. The van der Waals surface area contributed by atoms with Crippen LogP contribution in [0.1, 0.15) is 63.7 Å². The molecule has 1 aliphatic rings. The number of nitrogens with one attached hydrogen (secondary N) is 2. The Kier molecular flexibility index (Phi) is 9.07. The largest absolute Gasteiger partial charge is 0.381 e. The molecule has 192 valence electrons. The van der Waals surface area contributed by atoms with Crippen LogP contribution in [0.5, 0.6) is 0 Å². The molecule has 10 heteroatoms. The van der Waals surface area contributed by atoms with Crippen molar-refractivity contribution in [3.8, 4) is 0 Å². The van der Waals surface area contributed by atoms with Crippen LogP contribution in [0.3, 0.4) is 0 Å². The Balaban J connectivity index is 1.67. The summed E-state index contributed by atoms with van der Waals surface area (Å²) < 4.78 is 33.7. The van der Waals surface area contributed by atoms with E-state index >= 15 is 0 Å². The first-order valence-corrected chi connectivity index (χ1v) is 13.7. The normalized spacial score (nSPS) is 17.4. The smallest absolute Gasteiger partial charge is 0.281 e. The number of amides is 1. The average Bonchev–Trinajstić information content (AvgIpc) is 3.10. The Hall–Kier alpha value is -2.72. The number of hydrogen-bond donors (Lipinski definition) is 2. The lowest BCUT2D eigenvalue weighted by atomic mass is 9.97. The van der Waals surface area contributed by atoms with E-state index in [2.05, 4.69) is 52.6 Å². The summed E-state index contributed by atoms with van der Waals surface area (Å²) >= 11 is 0. The highest BCUT2D eigenvalue weighted by Gasteiger charge is 2.39. The molecule has 2 aromatic heterocycles. The molecule has 0 spiro atoms. The van der Waals surface area contributed by atoms with Gasteiger partial charge in [-0.15, -0.1) is 0 Å². The number of hydrogen-bond acceptors (Lipinski definition) is 8. The number of aromatic nitrogens is 2. The van der Waals surface area contributed by atoms with E-state index in [0.29, 0.717) is 30.7 Å². The molecule has 9 nitrogen and oxygen atoms in total. The lowest BCUT2D eigenvalue weighted by Gasteiger charge is -2.33. The van der Waals surface area contributed by atoms with Crippen molar-refractivity contribution in [1.82, 2.24) is 14.7 Å². The standard InChI is InChI=1S/C25H37N5O4S/c1-5-6-15-34-16-9-14-26-21-11-7-12-22(28-21)35(32,33)29-24(31)20-10-8-13-27-23(20)30-18-19(2)17-25(30,3)4/h7-8,10-13,19H,5-6,9,14-18H2,1-4H3,(H,26,28)(H,29,31). The summed E-state index contributed by atoms with van der Waals surface area (Å²) in [6, 6.07) is 7.88. The third-order valence-electron chi connectivity index (χ3n) is 6.00. The molecule has 2 N–H and O–H groups in total. The van der Waals surface area contributed by atoms with Gasteiger partial charge in [-0.1, -0.05) is 26.3 Å². The lowest BCUT2D eigenvalue weighted by Crippen LogP contribution is -2.41. The SMILES string of the molecule is CCCCOCCCNc1cccc(S(=O)(=O)NC(=O)c2cccnc2N2CC(C)CC2(C)C)n1. The molecule has 0 bridgehead atoms.